The molecule has 0 atom stereocenters. The van der Waals surface area contributed by atoms with Gasteiger partial charge in [0.25, 0.3) is 0 Å². The van der Waals surface area contributed by atoms with Gasteiger partial charge in [-0.1, -0.05) is 18.2 Å². The Morgan fingerprint density at radius 2 is 2.11 bits per heavy atom. The lowest BCUT2D eigenvalue weighted by Crippen LogP contribution is -2.53. The molecule has 1 aromatic carbocycles. The summed E-state index contributed by atoms with van der Waals surface area (Å²) < 4.78 is 0. The quantitative estimate of drug-likeness (QED) is 0.782. The highest BCUT2D eigenvalue weighted by Gasteiger charge is 2.43. The van der Waals surface area contributed by atoms with Crippen LogP contribution < -0.4 is 0 Å². The highest BCUT2D eigenvalue weighted by Crippen LogP contribution is 2.36. The van der Waals surface area contributed by atoms with Crippen molar-refractivity contribution in [2.45, 2.75) is 29.7 Å². The molecule has 0 spiro atoms. The van der Waals surface area contributed by atoms with Gasteiger partial charge in [-0.15, -0.1) is 11.8 Å². The summed E-state index contributed by atoms with van der Waals surface area (Å²) in [5, 5.41) is 9.19. The fourth-order valence-electron chi connectivity index (χ4n) is 2.03. The van der Waals surface area contributed by atoms with Gasteiger partial charge in [0.05, 0.1) is 11.8 Å². The Morgan fingerprint density at radius 1 is 1.44 bits per heavy atom. The van der Waals surface area contributed by atoms with Crippen LogP contribution in [-0.2, 0) is 4.79 Å². The van der Waals surface area contributed by atoms with Crippen molar-refractivity contribution in [1.82, 2.24) is 4.90 Å². The average molecular weight is 260 g/mol. The van der Waals surface area contributed by atoms with Gasteiger partial charge in [-0.25, -0.2) is 0 Å². The topological polar surface area (TPSA) is 44.1 Å². The third-order valence-electron chi connectivity index (χ3n) is 3.51. The normalized spacial score (nSPS) is 16.4. The molecule has 1 amide bonds. The van der Waals surface area contributed by atoms with Crippen molar-refractivity contribution in [3.05, 3.63) is 30.3 Å². The molecule has 1 aliphatic rings. The third-order valence-corrected chi connectivity index (χ3v) is 4.51. The first-order chi connectivity index (χ1) is 8.68. The van der Waals surface area contributed by atoms with Gasteiger partial charge in [-0.3, -0.25) is 4.79 Å². The van der Waals surface area contributed by atoms with Crippen molar-refractivity contribution in [2.24, 2.45) is 0 Å². The van der Waals surface area contributed by atoms with Crippen molar-refractivity contribution < 1.29 is 4.79 Å². The average Bonchev–Trinajstić information content (AvgIpc) is 2.36. The Bertz CT molecular complexity index is 462. The Balaban J connectivity index is 1.91. The molecule has 0 aliphatic heterocycles. The number of nitriles is 1. The summed E-state index contributed by atoms with van der Waals surface area (Å²) in [5.41, 5.74) is -0.533. The van der Waals surface area contributed by atoms with Crippen molar-refractivity contribution in [1.29, 1.82) is 5.26 Å². The zero-order chi connectivity index (χ0) is 13.0. The first-order valence-corrected chi connectivity index (χ1v) is 7.02. The SMILES string of the molecule is CN(C(=O)CSc1ccccc1)C1(C#N)CCC1. The molecule has 4 heteroatoms. The summed E-state index contributed by atoms with van der Waals surface area (Å²) in [6.45, 7) is 0. The number of hydrogen-bond donors (Lipinski definition) is 0. The zero-order valence-electron chi connectivity index (χ0n) is 10.4. The van der Waals surface area contributed by atoms with Crippen LogP contribution in [0.1, 0.15) is 19.3 Å². The minimum Gasteiger partial charge on any atom is -0.326 e. The molecule has 0 saturated heterocycles. The van der Waals surface area contributed by atoms with Crippen LogP contribution in [0, 0.1) is 11.3 Å². The molecule has 0 N–H and O–H groups in total. The Hall–Kier alpha value is -1.47. The number of hydrogen-bond acceptors (Lipinski definition) is 3. The summed E-state index contributed by atoms with van der Waals surface area (Å²) in [5.74, 6) is 0.425. The maximum absolute atomic E-state index is 12.1. The van der Waals surface area contributed by atoms with E-state index in [2.05, 4.69) is 6.07 Å². The van der Waals surface area contributed by atoms with Gasteiger partial charge in [-0.2, -0.15) is 5.26 Å². The van der Waals surface area contributed by atoms with Gasteiger partial charge in [0.15, 0.2) is 0 Å². The standard InChI is InChI=1S/C14H16N2OS/c1-16(14(11-15)8-5-9-14)13(17)10-18-12-6-3-2-4-7-12/h2-4,6-7H,5,8-10H2,1H3. The molecule has 1 aliphatic carbocycles. The first kappa shape index (κ1) is 13.0. The van der Waals surface area contributed by atoms with E-state index >= 15 is 0 Å². The van der Waals surface area contributed by atoms with Gasteiger partial charge >= 0.3 is 0 Å². The predicted octanol–water partition coefficient (Wildman–Crippen LogP) is 2.68. The molecule has 2 rings (SSSR count). The molecule has 1 aromatic rings. The summed E-state index contributed by atoms with van der Waals surface area (Å²) in [6, 6.07) is 12.1. The molecule has 94 valence electrons. The van der Waals surface area contributed by atoms with Crippen molar-refractivity contribution in [2.75, 3.05) is 12.8 Å². The van der Waals surface area contributed by atoms with Crippen LogP contribution in [0.25, 0.3) is 0 Å². The number of amides is 1. The number of nitrogens with zero attached hydrogens (tertiary/aromatic N) is 2. The Morgan fingerprint density at radius 3 is 2.61 bits per heavy atom. The molecule has 0 bridgehead atoms. The summed E-state index contributed by atoms with van der Waals surface area (Å²) in [4.78, 5) is 14.8. The second-order valence-corrected chi connectivity index (χ2v) is 5.60. The van der Waals surface area contributed by atoms with Gasteiger partial charge in [0.2, 0.25) is 5.91 Å². The van der Waals surface area contributed by atoms with Crippen LogP contribution >= 0.6 is 11.8 Å². The van der Waals surface area contributed by atoms with E-state index in [1.165, 1.54) is 11.8 Å². The fourth-order valence-corrected chi connectivity index (χ4v) is 2.86. The largest absolute Gasteiger partial charge is 0.326 e. The molecule has 0 unspecified atom stereocenters. The summed E-state index contributed by atoms with van der Waals surface area (Å²) >= 11 is 1.52. The smallest absolute Gasteiger partial charge is 0.233 e. The van der Waals surface area contributed by atoms with Crippen LogP contribution in [0.5, 0.6) is 0 Å². The van der Waals surface area contributed by atoms with Gasteiger partial charge in [0, 0.05) is 11.9 Å². The van der Waals surface area contributed by atoms with E-state index in [1.54, 1.807) is 11.9 Å². The Kier molecular flexibility index (Phi) is 3.93. The third kappa shape index (κ3) is 2.51. The van der Waals surface area contributed by atoms with Crippen LogP contribution in [0.2, 0.25) is 0 Å². The van der Waals surface area contributed by atoms with E-state index in [1.807, 2.05) is 30.3 Å². The fraction of sp³-hybridized carbons (Fsp3) is 0.429. The molecule has 18 heavy (non-hydrogen) atoms. The number of carbonyl (C=O) groups is 1. The van der Waals surface area contributed by atoms with E-state index in [-0.39, 0.29) is 5.91 Å². The summed E-state index contributed by atoms with van der Waals surface area (Å²) in [7, 11) is 1.75. The van der Waals surface area contributed by atoms with Gasteiger partial charge < -0.3 is 4.90 Å². The highest BCUT2D eigenvalue weighted by molar-refractivity contribution is 8.00. The number of thioether (sulfide) groups is 1. The van der Waals surface area contributed by atoms with E-state index in [9.17, 15) is 10.1 Å². The molecule has 1 saturated carbocycles. The van der Waals surface area contributed by atoms with Crippen LogP contribution in [0.3, 0.4) is 0 Å². The molecule has 1 fully saturated rings. The first-order valence-electron chi connectivity index (χ1n) is 6.04. The lowest BCUT2D eigenvalue weighted by molar-refractivity contribution is -0.133. The maximum atomic E-state index is 12.1. The highest BCUT2D eigenvalue weighted by atomic mass is 32.2. The number of carbonyl (C=O) groups excluding carboxylic acids is 1. The van der Waals surface area contributed by atoms with Crippen molar-refractivity contribution >= 4 is 17.7 Å². The van der Waals surface area contributed by atoms with Crippen molar-refractivity contribution in [3.63, 3.8) is 0 Å². The second-order valence-electron chi connectivity index (χ2n) is 4.55. The van der Waals surface area contributed by atoms with Crippen LogP contribution in [-0.4, -0.2) is 29.1 Å². The maximum Gasteiger partial charge on any atom is 0.233 e. The lowest BCUT2D eigenvalue weighted by atomic mass is 9.77. The molecule has 0 aromatic heterocycles. The lowest BCUT2D eigenvalue weighted by Gasteiger charge is -2.42. The van der Waals surface area contributed by atoms with Crippen LogP contribution in [0.4, 0.5) is 0 Å². The monoisotopic (exact) mass is 260 g/mol. The molecular formula is C14H16N2OS. The van der Waals surface area contributed by atoms with E-state index < -0.39 is 5.54 Å². The van der Waals surface area contributed by atoms with E-state index in [0.717, 1.165) is 24.2 Å². The minimum absolute atomic E-state index is 0.0325. The second kappa shape index (κ2) is 5.45. The van der Waals surface area contributed by atoms with Crippen LogP contribution in [0.15, 0.2) is 35.2 Å². The summed E-state index contributed by atoms with van der Waals surface area (Å²) in [6.07, 6.45) is 2.65. The Labute approximate surface area is 112 Å². The zero-order valence-corrected chi connectivity index (χ0v) is 11.2. The molecule has 3 nitrogen and oxygen atoms in total. The minimum atomic E-state index is -0.533. The van der Waals surface area contributed by atoms with E-state index in [0.29, 0.717) is 5.75 Å². The van der Waals surface area contributed by atoms with Gasteiger partial charge in [0.1, 0.15) is 5.54 Å². The molecule has 0 heterocycles. The van der Waals surface area contributed by atoms with E-state index in [4.69, 9.17) is 0 Å². The van der Waals surface area contributed by atoms with Gasteiger partial charge in [-0.05, 0) is 31.4 Å². The number of rotatable bonds is 4. The predicted molar refractivity (Wildman–Crippen MR) is 72.1 cm³/mol. The molecule has 0 radical (unpaired) electrons. The molecular weight excluding hydrogens is 244 g/mol. The van der Waals surface area contributed by atoms with Crippen molar-refractivity contribution in [3.8, 4) is 6.07 Å². The number of benzene rings is 1.